The van der Waals surface area contributed by atoms with Gasteiger partial charge in [0.25, 0.3) is 0 Å². The topological polar surface area (TPSA) is 91.3 Å². The third kappa shape index (κ3) is 4.11. The van der Waals surface area contributed by atoms with Crippen molar-refractivity contribution < 1.29 is 14.6 Å². The van der Waals surface area contributed by atoms with Crippen LogP contribution in [0, 0.1) is 6.92 Å². The molecule has 1 aliphatic heterocycles. The van der Waals surface area contributed by atoms with Gasteiger partial charge in [-0.3, -0.25) is 10.00 Å². The lowest BCUT2D eigenvalue weighted by Crippen LogP contribution is -2.33. The van der Waals surface area contributed by atoms with Gasteiger partial charge >= 0.3 is 5.97 Å². The van der Waals surface area contributed by atoms with E-state index in [0.717, 1.165) is 49.7 Å². The maximum absolute atomic E-state index is 10.7. The van der Waals surface area contributed by atoms with Crippen LogP contribution >= 0.6 is 0 Å². The summed E-state index contributed by atoms with van der Waals surface area (Å²) in [6.07, 6.45) is 2.05. The maximum atomic E-state index is 10.7. The van der Waals surface area contributed by atoms with E-state index in [-0.39, 0.29) is 6.61 Å². The molecule has 2 heterocycles. The molecule has 7 nitrogen and oxygen atoms in total. The predicted molar refractivity (Wildman–Crippen MR) is 87.9 cm³/mol. The number of aromatic amines is 1. The Morgan fingerprint density at radius 2 is 2.12 bits per heavy atom. The molecule has 2 aromatic rings. The van der Waals surface area contributed by atoms with Gasteiger partial charge in [-0.15, -0.1) is 0 Å². The number of para-hydroxylation sites is 1. The van der Waals surface area contributed by atoms with Crippen LogP contribution in [0.15, 0.2) is 24.3 Å². The first-order valence-electron chi connectivity index (χ1n) is 8.15. The number of nitrogens with one attached hydrogen (secondary N) is 1. The van der Waals surface area contributed by atoms with Crippen LogP contribution in [0.2, 0.25) is 0 Å². The van der Waals surface area contributed by atoms with Crippen molar-refractivity contribution in [1.29, 1.82) is 0 Å². The maximum Gasteiger partial charge on any atom is 0.341 e. The van der Waals surface area contributed by atoms with E-state index in [0.29, 0.717) is 11.7 Å². The molecule has 0 saturated carbocycles. The second-order valence-electron chi connectivity index (χ2n) is 6.12. The Kier molecular flexibility index (Phi) is 5.10. The quantitative estimate of drug-likeness (QED) is 0.841. The average molecular weight is 330 g/mol. The summed E-state index contributed by atoms with van der Waals surface area (Å²) < 4.78 is 5.38. The Hall–Kier alpha value is -2.41. The zero-order valence-corrected chi connectivity index (χ0v) is 13.7. The molecule has 0 radical (unpaired) electrons. The number of rotatable bonds is 6. The van der Waals surface area contributed by atoms with E-state index in [1.807, 2.05) is 31.2 Å². The first kappa shape index (κ1) is 16.4. The van der Waals surface area contributed by atoms with Crippen molar-refractivity contribution in [3.8, 4) is 5.75 Å². The molecule has 0 spiro atoms. The van der Waals surface area contributed by atoms with Gasteiger partial charge in [0.1, 0.15) is 11.6 Å². The summed E-state index contributed by atoms with van der Waals surface area (Å²) in [6.45, 7) is 4.29. The van der Waals surface area contributed by atoms with Gasteiger partial charge in [0.15, 0.2) is 12.4 Å². The largest absolute Gasteiger partial charge is 0.482 e. The standard InChI is InChI=1S/C17H22N4O3/c1-12-18-17(20-19-12)13-6-8-21(9-7-13)10-14-4-2-3-5-15(14)24-11-16(22)23/h2-5,13H,6-11H2,1H3,(H,22,23)(H,18,19,20). The average Bonchev–Trinajstić information content (AvgIpc) is 3.01. The molecule has 1 aromatic heterocycles. The number of aryl methyl sites for hydroxylation is 1. The summed E-state index contributed by atoms with van der Waals surface area (Å²) in [6, 6.07) is 7.62. The lowest BCUT2D eigenvalue weighted by atomic mass is 9.96. The summed E-state index contributed by atoms with van der Waals surface area (Å²) in [5.41, 5.74) is 1.02. The van der Waals surface area contributed by atoms with Crippen molar-refractivity contribution in [2.24, 2.45) is 0 Å². The highest BCUT2D eigenvalue weighted by molar-refractivity contribution is 5.68. The Morgan fingerprint density at radius 3 is 2.79 bits per heavy atom. The summed E-state index contributed by atoms with van der Waals surface area (Å²) in [4.78, 5) is 17.5. The number of benzene rings is 1. The lowest BCUT2D eigenvalue weighted by Gasteiger charge is -2.31. The number of ether oxygens (including phenoxy) is 1. The number of carboxylic acids is 1. The van der Waals surface area contributed by atoms with E-state index in [1.54, 1.807) is 0 Å². The molecule has 1 fully saturated rings. The predicted octanol–water partition coefficient (Wildman–Crippen LogP) is 1.96. The van der Waals surface area contributed by atoms with Gasteiger partial charge in [-0.2, -0.15) is 5.10 Å². The van der Waals surface area contributed by atoms with Crippen molar-refractivity contribution in [1.82, 2.24) is 20.1 Å². The summed E-state index contributed by atoms with van der Waals surface area (Å²) in [5.74, 6) is 1.86. The van der Waals surface area contributed by atoms with Gasteiger partial charge in [-0.1, -0.05) is 18.2 Å². The number of H-pyrrole nitrogens is 1. The Bertz CT molecular complexity index is 693. The molecule has 7 heteroatoms. The Labute approximate surface area is 140 Å². The summed E-state index contributed by atoms with van der Waals surface area (Å²) >= 11 is 0. The summed E-state index contributed by atoms with van der Waals surface area (Å²) in [7, 11) is 0. The lowest BCUT2D eigenvalue weighted by molar-refractivity contribution is -0.139. The van der Waals surface area contributed by atoms with Crippen molar-refractivity contribution in [3.05, 3.63) is 41.5 Å². The molecule has 2 N–H and O–H groups in total. The summed E-state index contributed by atoms with van der Waals surface area (Å²) in [5, 5.41) is 16.0. The fourth-order valence-electron chi connectivity index (χ4n) is 3.05. The normalized spacial score (nSPS) is 16.2. The molecule has 0 unspecified atom stereocenters. The Balaban J connectivity index is 1.57. The van der Waals surface area contributed by atoms with E-state index in [1.165, 1.54) is 0 Å². The molecule has 3 rings (SSSR count). The monoisotopic (exact) mass is 330 g/mol. The number of aliphatic carboxylic acids is 1. The van der Waals surface area contributed by atoms with Crippen LogP contribution in [0.4, 0.5) is 0 Å². The highest BCUT2D eigenvalue weighted by Gasteiger charge is 2.24. The van der Waals surface area contributed by atoms with Gasteiger partial charge in [-0.05, 0) is 38.9 Å². The minimum absolute atomic E-state index is 0.316. The zero-order valence-electron chi connectivity index (χ0n) is 13.7. The smallest absolute Gasteiger partial charge is 0.341 e. The highest BCUT2D eigenvalue weighted by atomic mass is 16.5. The molecule has 1 aromatic carbocycles. The molecule has 0 aliphatic carbocycles. The van der Waals surface area contributed by atoms with Crippen molar-refractivity contribution in [2.45, 2.75) is 32.2 Å². The molecule has 24 heavy (non-hydrogen) atoms. The third-order valence-corrected chi connectivity index (χ3v) is 4.28. The molecule has 1 saturated heterocycles. The van der Waals surface area contributed by atoms with E-state index >= 15 is 0 Å². The van der Waals surface area contributed by atoms with Crippen LogP contribution < -0.4 is 4.74 Å². The van der Waals surface area contributed by atoms with Crippen LogP contribution in [0.1, 0.15) is 36.0 Å². The molecule has 128 valence electrons. The number of carbonyl (C=O) groups is 1. The van der Waals surface area contributed by atoms with Gasteiger partial charge in [0.2, 0.25) is 0 Å². The number of likely N-dealkylation sites (tertiary alicyclic amines) is 1. The second-order valence-corrected chi connectivity index (χ2v) is 6.12. The molecule has 1 aliphatic rings. The van der Waals surface area contributed by atoms with Crippen molar-refractivity contribution >= 4 is 5.97 Å². The van der Waals surface area contributed by atoms with E-state index < -0.39 is 5.97 Å². The minimum atomic E-state index is -0.965. The van der Waals surface area contributed by atoms with Crippen LogP contribution in [-0.4, -0.2) is 50.9 Å². The number of aromatic nitrogens is 3. The third-order valence-electron chi connectivity index (χ3n) is 4.28. The zero-order chi connectivity index (χ0) is 16.9. The number of piperidine rings is 1. The van der Waals surface area contributed by atoms with Gasteiger partial charge < -0.3 is 9.84 Å². The minimum Gasteiger partial charge on any atom is -0.482 e. The number of hydrogen-bond acceptors (Lipinski definition) is 5. The molecule has 0 bridgehead atoms. The number of hydrogen-bond donors (Lipinski definition) is 2. The fraction of sp³-hybridized carbons (Fsp3) is 0.471. The van der Waals surface area contributed by atoms with Gasteiger partial charge in [-0.25, -0.2) is 9.78 Å². The first-order chi connectivity index (χ1) is 11.6. The van der Waals surface area contributed by atoms with E-state index in [2.05, 4.69) is 20.1 Å². The Morgan fingerprint density at radius 1 is 1.38 bits per heavy atom. The first-order valence-corrected chi connectivity index (χ1v) is 8.15. The van der Waals surface area contributed by atoms with Crippen molar-refractivity contribution in [3.63, 3.8) is 0 Å². The molecule has 0 amide bonds. The van der Waals surface area contributed by atoms with Crippen LogP contribution in [0.5, 0.6) is 5.75 Å². The molecular formula is C17H22N4O3. The second kappa shape index (κ2) is 7.44. The van der Waals surface area contributed by atoms with E-state index in [9.17, 15) is 4.79 Å². The SMILES string of the molecule is Cc1nc(C2CCN(Cc3ccccc3OCC(=O)O)CC2)n[nH]1. The number of carboxylic acid groups (broad SMARTS) is 1. The highest BCUT2D eigenvalue weighted by Crippen LogP contribution is 2.28. The van der Waals surface area contributed by atoms with Crippen molar-refractivity contribution in [2.75, 3.05) is 19.7 Å². The molecular weight excluding hydrogens is 308 g/mol. The number of nitrogens with zero attached hydrogens (tertiary/aromatic N) is 3. The van der Waals surface area contributed by atoms with Crippen LogP contribution in [0.3, 0.4) is 0 Å². The van der Waals surface area contributed by atoms with Crippen LogP contribution in [-0.2, 0) is 11.3 Å². The van der Waals surface area contributed by atoms with Gasteiger partial charge in [0.05, 0.1) is 0 Å². The van der Waals surface area contributed by atoms with Crippen LogP contribution in [0.25, 0.3) is 0 Å². The van der Waals surface area contributed by atoms with E-state index in [4.69, 9.17) is 9.84 Å². The van der Waals surface area contributed by atoms with Gasteiger partial charge in [0, 0.05) is 18.0 Å². The molecule has 0 atom stereocenters. The fourth-order valence-corrected chi connectivity index (χ4v) is 3.05.